The van der Waals surface area contributed by atoms with E-state index in [1.54, 1.807) is 35.2 Å². The van der Waals surface area contributed by atoms with Crippen LogP contribution in [0.2, 0.25) is 10.0 Å². The van der Waals surface area contributed by atoms with E-state index in [0.29, 0.717) is 32.6 Å². The highest BCUT2D eigenvalue weighted by atomic mass is 35.5. The number of H-pyrrole nitrogens is 1. The summed E-state index contributed by atoms with van der Waals surface area (Å²) in [4.78, 5) is 23.2. The van der Waals surface area contributed by atoms with E-state index in [-0.39, 0.29) is 6.54 Å². The monoisotopic (exact) mass is 360 g/mol. The second kappa shape index (κ2) is 5.51. The second-order valence-corrected chi connectivity index (χ2v) is 6.08. The first-order valence-electron chi connectivity index (χ1n) is 7.04. The maximum Gasteiger partial charge on any atom is 0.323 e. The first-order chi connectivity index (χ1) is 11.5. The molecule has 0 aliphatic rings. The third kappa shape index (κ3) is 2.31. The highest BCUT2D eigenvalue weighted by Gasteiger charge is 2.18. The number of carboxylic acid groups (broad SMARTS) is 1. The van der Waals surface area contributed by atoms with E-state index >= 15 is 0 Å². The number of aromatic nitrogens is 4. The van der Waals surface area contributed by atoms with Gasteiger partial charge in [-0.3, -0.25) is 4.79 Å². The maximum atomic E-state index is 11.3. The predicted octanol–water partition coefficient (Wildman–Crippen LogP) is 3.97. The zero-order valence-corrected chi connectivity index (χ0v) is 13.6. The molecule has 3 heterocycles. The van der Waals surface area contributed by atoms with Crippen LogP contribution >= 0.6 is 23.2 Å². The summed E-state index contributed by atoms with van der Waals surface area (Å²) >= 11 is 12.2. The summed E-state index contributed by atoms with van der Waals surface area (Å²) < 4.78 is 1.61. The van der Waals surface area contributed by atoms with Gasteiger partial charge in [-0.25, -0.2) is 9.97 Å². The molecule has 0 radical (unpaired) electrons. The first-order valence-corrected chi connectivity index (χ1v) is 7.80. The molecule has 1 aromatic carbocycles. The third-order valence-corrected chi connectivity index (χ3v) is 4.51. The van der Waals surface area contributed by atoms with Gasteiger partial charge in [-0.15, -0.1) is 0 Å². The number of hydrogen-bond donors (Lipinski definition) is 2. The van der Waals surface area contributed by atoms with Gasteiger partial charge in [0.25, 0.3) is 0 Å². The summed E-state index contributed by atoms with van der Waals surface area (Å²) in [6.07, 6.45) is 3.43. The summed E-state index contributed by atoms with van der Waals surface area (Å²) in [6, 6.07) is 6.95. The molecule has 0 spiro atoms. The lowest BCUT2D eigenvalue weighted by atomic mass is 10.2. The van der Waals surface area contributed by atoms with Crippen LogP contribution in [-0.4, -0.2) is 30.6 Å². The number of halogens is 2. The lowest BCUT2D eigenvalue weighted by molar-refractivity contribution is -0.137. The molecule has 0 aliphatic heterocycles. The van der Waals surface area contributed by atoms with Crippen LogP contribution in [0.4, 0.5) is 0 Å². The summed E-state index contributed by atoms with van der Waals surface area (Å²) in [5, 5.41) is 10.9. The van der Waals surface area contributed by atoms with Crippen molar-refractivity contribution in [3.8, 4) is 11.4 Å². The molecule has 4 aromatic rings. The number of nitrogens with one attached hydrogen (secondary N) is 1. The number of nitrogens with zero attached hydrogens (tertiary/aromatic N) is 3. The van der Waals surface area contributed by atoms with E-state index in [2.05, 4.69) is 15.0 Å². The average Bonchev–Trinajstić information content (AvgIpc) is 3.13. The normalized spacial score (nSPS) is 11.4. The molecule has 4 rings (SSSR count). The van der Waals surface area contributed by atoms with Crippen molar-refractivity contribution in [2.24, 2.45) is 0 Å². The Hall–Kier alpha value is -2.57. The minimum atomic E-state index is -0.971. The molecular weight excluding hydrogens is 351 g/mol. The van der Waals surface area contributed by atoms with Crippen molar-refractivity contribution < 1.29 is 9.90 Å². The fourth-order valence-corrected chi connectivity index (χ4v) is 3.09. The van der Waals surface area contributed by atoms with Gasteiger partial charge < -0.3 is 14.7 Å². The number of hydrogen-bond acceptors (Lipinski definition) is 3. The molecule has 3 aromatic heterocycles. The Morgan fingerprint density at radius 1 is 1.25 bits per heavy atom. The van der Waals surface area contributed by atoms with Gasteiger partial charge in [0.1, 0.15) is 18.0 Å². The molecule has 0 amide bonds. The summed E-state index contributed by atoms with van der Waals surface area (Å²) in [5.74, 6) is -0.446. The second-order valence-electron chi connectivity index (χ2n) is 5.27. The van der Waals surface area contributed by atoms with Crippen molar-refractivity contribution in [1.82, 2.24) is 19.5 Å². The SMILES string of the molecule is O=C(O)Cn1c(-c2ccnc3[nH]ccc23)nc2cc(Cl)c(Cl)cc21. The lowest BCUT2D eigenvalue weighted by Gasteiger charge is -2.07. The van der Waals surface area contributed by atoms with Crippen molar-refractivity contribution in [2.75, 3.05) is 0 Å². The van der Waals surface area contributed by atoms with Crippen LogP contribution in [0.1, 0.15) is 0 Å². The molecule has 0 unspecified atom stereocenters. The lowest BCUT2D eigenvalue weighted by Crippen LogP contribution is -2.10. The summed E-state index contributed by atoms with van der Waals surface area (Å²) in [5.41, 5.74) is 2.69. The van der Waals surface area contributed by atoms with E-state index in [0.717, 1.165) is 10.9 Å². The van der Waals surface area contributed by atoms with E-state index in [1.807, 2.05) is 6.07 Å². The minimum absolute atomic E-state index is 0.238. The van der Waals surface area contributed by atoms with E-state index in [1.165, 1.54) is 0 Å². The Morgan fingerprint density at radius 3 is 2.83 bits per heavy atom. The Balaban J connectivity index is 2.07. The number of fused-ring (bicyclic) bond motifs is 2. The van der Waals surface area contributed by atoms with Crippen LogP contribution in [0.3, 0.4) is 0 Å². The molecule has 0 aliphatic carbocycles. The largest absolute Gasteiger partial charge is 0.480 e. The van der Waals surface area contributed by atoms with Gasteiger partial charge in [0.15, 0.2) is 0 Å². The molecule has 0 atom stereocenters. The molecular formula is C16H10Cl2N4O2. The Bertz CT molecular complexity index is 1100. The number of aromatic amines is 1. The van der Waals surface area contributed by atoms with Gasteiger partial charge in [0.05, 0.1) is 21.1 Å². The van der Waals surface area contributed by atoms with Gasteiger partial charge in [-0.2, -0.15) is 0 Å². The van der Waals surface area contributed by atoms with Crippen molar-refractivity contribution in [1.29, 1.82) is 0 Å². The molecule has 0 bridgehead atoms. The standard InChI is InChI=1S/C16H10Cl2N4O2/c17-10-5-12-13(6-11(10)18)22(7-14(23)24)16(21-12)9-2-4-20-15-8(9)1-3-19-15/h1-6H,7H2,(H,19,20)(H,23,24). The van der Waals surface area contributed by atoms with Crippen LogP contribution in [0.5, 0.6) is 0 Å². The Morgan fingerprint density at radius 2 is 2.04 bits per heavy atom. The van der Waals surface area contributed by atoms with Crippen LogP contribution in [0.25, 0.3) is 33.5 Å². The molecule has 0 fully saturated rings. The Kier molecular flexibility index (Phi) is 3.44. The number of rotatable bonds is 3. The predicted molar refractivity (Wildman–Crippen MR) is 92.5 cm³/mol. The van der Waals surface area contributed by atoms with E-state index in [9.17, 15) is 9.90 Å². The highest BCUT2D eigenvalue weighted by molar-refractivity contribution is 6.42. The molecule has 2 N–H and O–H groups in total. The first kappa shape index (κ1) is 15.0. The molecule has 0 saturated heterocycles. The van der Waals surface area contributed by atoms with E-state index < -0.39 is 5.97 Å². The topological polar surface area (TPSA) is 83.8 Å². The van der Waals surface area contributed by atoms with Crippen molar-refractivity contribution in [3.63, 3.8) is 0 Å². The van der Waals surface area contributed by atoms with Crippen LogP contribution in [0, 0.1) is 0 Å². The van der Waals surface area contributed by atoms with E-state index in [4.69, 9.17) is 23.2 Å². The molecule has 24 heavy (non-hydrogen) atoms. The van der Waals surface area contributed by atoms with Gasteiger partial charge in [-0.1, -0.05) is 23.2 Å². The Labute approximate surface area is 145 Å². The number of pyridine rings is 1. The molecule has 8 heteroatoms. The smallest absolute Gasteiger partial charge is 0.323 e. The highest BCUT2D eigenvalue weighted by Crippen LogP contribution is 2.33. The number of benzene rings is 1. The number of imidazole rings is 1. The van der Waals surface area contributed by atoms with Gasteiger partial charge >= 0.3 is 5.97 Å². The van der Waals surface area contributed by atoms with Gasteiger partial charge in [0.2, 0.25) is 0 Å². The molecule has 120 valence electrons. The fourth-order valence-electron chi connectivity index (χ4n) is 2.78. The number of carbonyl (C=O) groups is 1. The zero-order chi connectivity index (χ0) is 16.8. The third-order valence-electron chi connectivity index (χ3n) is 3.78. The van der Waals surface area contributed by atoms with Crippen LogP contribution in [0.15, 0.2) is 36.7 Å². The van der Waals surface area contributed by atoms with Crippen molar-refractivity contribution >= 4 is 51.2 Å². The van der Waals surface area contributed by atoms with Gasteiger partial charge in [-0.05, 0) is 24.3 Å². The summed E-state index contributed by atoms with van der Waals surface area (Å²) in [6.45, 7) is -0.238. The molecule has 6 nitrogen and oxygen atoms in total. The minimum Gasteiger partial charge on any atom is -0.480 e. The van der Waals surface area contributed by atoms with Gasteiger partial charge in [0, 0.05) is 23.3 Å². The fraction of sp³-hybridized carbons (Fsp3) is 0.0625. The van der Waals surface area contributed by atoms with Crippen molar-refractivity contribution in [2.45, 2.75) is 6.54 Å². The quantitative estimate of drug-likeness (QED) is 0.578. The maximum absolute atomic E-state index is 11.3. The van der Waals surface area contributed by atoms with Crippen LogP contribution in [-0.2, 0) is 11.3 Å². The van der Waals surface area contributed by atoms with Crippen molar-refractivity contribution in [3.05, 3.63) is 46.7 Å². The van der Waals surface area contributed by atoms with Crippen LogP contribution < -0.4 is 0 Å². The average molecular weight is 361 g/mol. The summed E-state index contributed by atoms with van der Waals surface area (Å²) in [7, 11) is 0. The zero-order valence-electron chi connectivity index (χ0n) is 12.1. The number of aliphatic carboxylic acids is 1. The number of carboxylic acids is 1. The molecule has 0 saturated carbocycles.